The van der Waals surface area contributed by atoms with Crippen LogP contribution in [0.5, 0.6) is 5.75 Å². The van der Waals surface area contributed by atoms with E-state index in [1.807, 2.05) is 0 Å². The molecule has 0 saturated heterocycles. The monoisotopic (exact) mass is 261 g/mol. The molecule has 0 aromatic heterocycles. The van der Waals surface area contributed by atoms with Crippen LogP contribution < -0.4 is 4.74 Å². The summed E-state index contributed by atoms with van der Waals surface area (Å²) in [5, 5.41) is 10.4. The largest absolute Gasteiger partial charge is 0.493 e. The molecule has 3 heteroatoms. The Morgan fingerprint density at radius 2 is 2.11 bits per heavy atom. The minimum atomic E-state index is -0.450. The molecular formula is C16H23NO2. The molecule has 0 bridgehead atoms. The lowest BCUT2D eigenvalue weighted by molar-refractivity contribution is 0.0145. The first kappa shape index (κ1) is 12.9. The summed E-state index contributed by atoms with van der Waals surface area (Å²) in [6.07, 6.45) is 5.27. The van der Waals surface area contributed by atoms with E-state index in [4.69, 9.17) is 4.74 Å². The summed E-state index contributed by atoms with van der Waals surface area (Å²) >= 11 is 0. The molecule has 1 aromatic rings. The molecule has 0 unspecified atom stereocenters. The third kappa shape index (κ3) is 2.93. The third-order valence-corrected chi connectivity index (χ3v) is 4.30. The Morgan fingerprint density at radius 3 is 2.89 bits per heavy atom. The van der Waals surface area contributed by atoms with Crippen molar-refractivity contribution in [2.45, 2.75) is 44.2 Å². The summed E-state index contributed by atoms with van der Waals surface area (Å²) in [6.45, 7) is 2.49. The van der Waals surface area contributed by atoms with Crippen molar-refractivity contribution in [3.8, 4) is 5.75 Å². The minimum absolute atomic E-state index is 0.450. The summed E-state index contributed by atoms with van der Waals surface area (Å²) in [5.74, 6) is 1.04. The van der Waals surface area contributed by atoms with Gasteiger partial charge < -0.3 is 9.84 Å². The zero-order valence-corrected chi connectivity index (χ0v) is 11.7. The first-order chi connectivity index (χ1) is 9.15. The van der Waals surface area contributed by atoms with E-state index < -0.39 is 5.60 Å². The first-order valence-electron chi connectivity index (χ1n) is 7.30. The Balaban J connectivity index is 1.61. The standard InChI is InChI=1S/C16H23NO2/c1-17(12-16(18)7-2-3-8-16)11-13-4-5-15-14(10-13)6-9-19-15/h4-5,10,18H,2-3,6-9,11-12H2,1H3. The van der Waals surface area contributed by atoms with Crippen LogP contribution in [0.25, 0.3) is 0 Å². The molecule has 1 fully saturated rings. The lowest BCUT2D eigenvalue weighted by atomic mass is 10.0. The predicted molar refractivity (Wildman–Crippen MR) is 75.4 cm³/mol. The van der Waals surface area contributed by atoms with Crippen LogP contribution in [0.2, 0.25) is 0 Å². The molecule has 0 amide bonds. The molecule has 1 aliphatic carbocycles. The fourth-order valence-corrected chi connectivity index (χ4v) is 3.40. The SMILES string of the molecule is CN(Cc1ccc2c(c1)CCO2)CC1(O)CCCC1. The number of hydrogen-bond donors (Lipinski definition) is 1. The Morgan fingerprint density at radius 1 is 1.32 bits per heavy atom. The zero-order chi connectivity index (χ0) is 13.3. The van der Waals surface area contributed by atoms with Gasteiger partial charge in [-0.2, -0.15) is 0 Å². The second-order valence-corrected chi connectivity index (χ2v) is 6.14. The van der Waals surface area contributed by atoms with Gasteiger partial charge in [0.25, 0.3) is 0 Å². The van der Waals surface area contributed by atoms with E-state index in [1.54, 1.807) is 0 Å². The third-order valence-electron chi connectivity index (χ3n) is 4.30. The van der Waals surface area contributed by atoms with E-state index in [2.05, 4.69) is 30.1 Å². The Hall–Kier alpha value is -1.06. The molecule has 3 rings (SSSR count). The van der Waals surface area contributed by atoms with Crippen LogP contribution >= 0.6 is 0 Å². The molecule has 1 aromatic carbocycles. The maximum atomic E-state index is 10.4. The number of aliphatic hydroxyl groups is 1. The van der Waals surface area contributed by atoms with E-state index in [0.717, 1.165) is 44.7 Å². The highest BCUT2D eigenvalue weighted by Crippen LogP contribution is 2.31. The van der Waals surface area contributed by atoms with Crippen molar-refractivity contribution < 1.29 is 9.84 Å². The summed E-state index contributed by atoms with van der Waals surface area (Å²) < 4.78 is 5.53. The topological polar surface area (TPSA) is 32.7 Å². The molecule has 1 aliphatic heterocycles. The fourth-order valence-electron chi connectivity index (χ4n) is 3.40. The second kappa shape index (κ2) is 5.14. The number of ether oxygens (including phenoxy) is 1. The highest BCUT2D eigenvalue weighted by atomic mass is 16.5. The van der Waals surface area contributed by atoms with Gasteiger partial charge in [-0.15, -0.1) is 0 Å². The molecule has 1 saturated carbocycles. The molecule has 2 aliphatic rings. The molecule has 1 heterocycles. The van der Waals surface area contributed by atoms with Gasteiger partial charge in [-0.1, -0.05) is 25.0 Å². The van der Waals surface area contributed by atoms with Crippen LogP contribution in [0, 0.1) is 0 Å². The van der Waals surface area contributed by atoms with Gasteiger partial charge in [-0.25, -0.2) is 0 Å². The van der Waals surface area contributed by atoms with Crippen LogP contribution in [-0.2, 0) is 13.0 Å². The summed E-state index contributed by atoms with van der Waals surface area (Å²) in [7, 11) is 2.10. The van der Waals surface area contributed by atoms with Crippen molar-refractivity contribution in [2.75, 3.05) is 20.2 Å². The van der Waals surface area contributed by atoms with Crippen molar-refractivity contribution in [3.63, 3.8) is 0 Å². The van der Waals surface area contributed by atoms with E-state index in [1.165, 1.54) is 24.0 Å². The van der Waals surface area contributed by atoms with Gasteiger partial charge in [0.05, 0.1) is 12.2 Å². The van der Waals surface area contributed by atoms with E-state index in [-0.39, 0.29) is 0 Å². The molecule has 104 valence electrons. The average molecular weight is 261 g/mol. The highest BCUT2D eigenvalue weighted by Gasteiger charge is 2.32. The van der Waals surface area contributed by atoms with Gasteiger partial charge in [0.2, 0.25) is 0 Å². The number of nitrogens with zero attached hydrogens (tertiary/aromatic N) is 1. The van der Waals surface area contributed by atoms with Crippen molar-refractivity contribution in [1.29, 1.82) is 0 Å². The number of benzene rings is 1. The molecule has 0 atom stereocenters. The molecule has 3 nitrogen and oxygen atoms in total. The highest BCUT2D eigenvalue weighted by molar-refractivity contribution is 5.39. The van der Waals surface area contributed by atoms with Gasteiger partial charge in [0, 0.05) is 19.5 Å². The summed E-state index contributed by atoms with van der Waals surface area (Å²) in [5.41, 5.74) is 2.19. The lowest BCUT2D eigenvalue weighted by Crippen LogP contribution is -2.38. The smallest absolute Gasteiger partial charge is 0.122 e. The van der Waals surface area contributed by atoms with Crippen molar-refractivity contribution >= 4 is 0 Å². The van der Waals surface area contributed by atoms with Crippen LogP contribution in [0.3, 0.4) is 0 Å². The van der Waals surface area contributed by atoms with Gasteiger partial charge in [0.15, 0.2) is 0 Å². The van der Waals surface area contributed by atoms with Gasteiger partial charge >= 0.3 is 0 Å². The number of fused-ring (bicyclic) bond motifs is 1. The normalized spacial score (nSPS) is 20.6. The maximum Gasteiger partial charge on any atom is 0.122 e. The van der Waals surface area contributed by atoms with E-state index in [0.29, 0.717) is 0 Å². The summed E-state index contributed by atoms with van der Waals surface area (Å²) in [4.78, 5) is 2.24. The van der Waals surface area contributed by atoms with Gasteiger partial charge in [-0.05, 0) is 37.1 Å². The second-order valence-electron chi connectivity index (χ2n) is 6.14. The fraction of sp³-hybridized carbons (Fsp3) is 0.625. The van der Waals surface area contributed by atoms with E-state index in [9.17, 15) is 5.11 Å². The maximum absolute atomic E-state index is 10.4. The summed E-state index contributed by atoms with van der Waals surface area (Å²) in [6, 6.07) is 6.46. The van der Waals surface area contributed by atoms with Crippen LogP contribution in [-0.4, -0.2) is 35.8 Å². The number of rotatable bonds is 4. The van der Waals surface area contributed by atoms with Crippen molar-refractivity contribution in [1.82, 2.24) is 4.90 Å². The average Bonchev–Trinajstić information content (AvgIpc) is 2.97. The molecule has 0 spiro atoms. The van der Waals surface area contributed by atoms with Crippen LogP contribution in [0.15, 0.2) is 18.2 Å². The number of hydrogen-bond acceptors (Lipinski definition) is 3. The predicted octanol–water partition coefficient (Wildman–Crippen LogP) is 2.36. The number of likely N-dealkylation sites (N-methyl/N-ethyl adjacent to an activating group) is 1. The Labute approximate surface area is 115 Å². The van der Waals surface area contributed by atoms with Gasteiger partial charge in [0.1, 0.15) is 5.75 Å². The zero-order valence-electron chi connectivity index (χ0n) is 11.7. The lowest BCUT2D eigenvalue weighted by Gasteiger charge is -2.28. The Kier molecular flexibility index (Phi) is 3.50. The van der Waals surface area contributed by atoms with Crippen molar-refractivity contribution in [3.05, 3.63) is 29.3 Å². The van der Waals surface area contributed by atoms with Crippen LogP contribution in [0.4, 0.5) is 0 Å². The molecule has 0 radical (unpaired) electrons. The Bertz CT molecular complexity index is 452. The first-order valence-corrected chi connectivity index (χ1v) is 7.30. The molecule has 1 N–H and O–H groups in total. The van der Waals surface area contributed by atoms with E-state index >= 15 is 0 Å². The van der Waals surface area contributed by atoms with Crippen molar-refractivity contribution in [2.24, 2.45) is 0 Å². The van der Waals surface area contributed by atoms with Crippen LogP contribution in [0.1, 0.15) is 36.8 Å². The quantitative estimate of drug-likeness (QED) is 0.903. The minimum Gasteiger partial charge on any atom is -0.493 e. The molecule has 19 heavy (non-hydrogen) atoms. The molecular weight excluding hydrogens is 238 g/mol. The van der Waals surface area contributed by atoms with Gasteiger partial charge in [-0.3, -0.25) is 4.90 Å².